The van der Waals surface area contributed by atoms with Gasteiger partial charge in [0, 0.05) is 28.7 Å². The maximum absolute atomic E-state index is 12.9. The summed E-state index contributed by atoms with van der Waals surface area (Å²) in [6, 6.07) is 15.7. The number of halogens is 1. The Balaban J connectivity index is 1.59. The zero-order chi connectivity index (χ0) is 18.8. The fraction of sp³-hybridized carbons (Fsp3) is 0.190. The molecule has 1 N–H and O–H groups in total. The van der Waals surface area contributed by atoms with Gasteiger partial charge in [0.2, 0.25) is 5.91 Å². The minimum atomic E-state index is -0.504. The molecule has 0 radical (unpaired) electrons. The molecule has 2 aromatic carbocycles. The molecule has 136 valence electrons. The van der Waals surface area contributed by atoms with E-state index in [2.05, 4.69) is 10.3 Å². The normalized spacial score (nSPS) is 16.5. The van der Waals surface area contributed by atoms with Crippen molar-refractivity contribution in [3.05, 3.63) is 71.4 Å². The largest absolute Gasteiger partial charge is 0.327 e. The monoisotopic (exact) mass is 379 g/mol. The van der Waals surface area contributed by atoms with Crippen LogP contribution in [0, 0.1) is 0 Å². The maximum atomic E-state index is 12.9. The number of fused-ring (bicyclic) bond motifs is 1. The standard InChI is InChI=1S/C21H18ClN3O2/c22-16-12-15-8-4-10-23-19(15)17(13-16)24-20(26)18-9-5-11-25(18)21(27)14-6-2-1-3-7-14/h1-4,6-8,10,12-13,18H,5,9,11H2,(H,24,26). The van der Waals surface area contributed by atoms with E-state index in [0.717, 1.165) is 11.8 Å². The SMILES string of the molecule is O=C(Nc1cc(Cl)cc2cccnc12)C1CCCN1C(=O)c1ccccc1. The van der Waals surface area contributed by atoms with Crippen molar-refractivity contribution in [2.45, 2.75) is 18.9 Å². The number of anilines is 1. The fourth-order valence-electron chi connectivity index (χ4n) is 3.50. The third-order valence-corrected chi connectivity index (χ3v) is 4.98. The van der Waals surface area contributed by atoms with E-state index in [1.807, 2.05) is 30.3 Å². The molecule has 1 aliphatic heterocycles. The van der Waals surface area contributed by atoms with E-state index in [9.17, 15) is 9.59 Å². The van der Waals surface area contributed by atoms with Gasteiger partial charge in [0.05, 0.1) is 11.2 Å². The first kappa shape index (κ1) is 17.5. The van der Waals surface area contributed by atoms with Crippen LogP contribution in [0.4, 0.5) is 5.69 Å². The predicted octanol–water partition coefficient (Wildman–Crippen LogP) is 4.13. The highest BCUT2D eigenvalue weighted by Crippen LogP contribution is 2.28. The molecule has 4 rings (SSSR count). The number of likely N-dealkylation sites (tertiary alicyclic amines) is 1. The molecule has 27 heavy (non-hydrogen) atoms. The van der Waals surface area contributed by atoms with Gasteiger partial charge in [0.15, 0.2) is 0 Å². The molecular weight excluding hydrogens is 362 g/mol. The lowest BCUT2D eigenvalue weighted by Crippen LogP contribution is -2.43. The molecule has 6 heteroatoms. The number of benzene rings is 2. The molecule has 1 aliphatic rings. The summed E-state index contributed by atoms with van der Waals surface area (Å²) in [6.07, 6.45) is 3.11. The third-order valence-electron chi connectivity index (χ3n) is 4.76. The lowest BCUT2D eigenvalue weighted by molar-refractivity contribution is -0.119. The summed E-state index contributed by atoms with van der Waals surface area (Å²) < 4.78 is 0. The second-order valence-corrected chi connectivity index (χ2v) is 6.98. The van der Waals surface area contributed by atoms with Crippen LogP contribution < -0.4 is 5.32 Å². The van der Waals surface area contributed by atoms with Crippen molar-refractivity contribution in [2.75, 3.05) is 11.9 Å². The zero-order valence-electron chi connectivity index (χ0n) is 14.6. The molecule has 3 aromatic rings. The molecule has 0 bridgehead atoms. The van der Waals surface area contributed by atoms with Crippen molar-refractivity contribution < 1.29 is 9.59 Å². The van der Waals surface area contributed by atoms with Crippen LogP contribution in [-0.2, 0) is 4.79 Å². The van der Waals surface area contributed by atoms with Crippen molar-refractivity contribution >= 4 is 40.0 Å². The number of pyridine rings is 1. The van der Waals surface area contributed by atoms with Gasteiger partial charge in [0.25, 0.3) is 5.91 Å². The van der Waals surface area contributed by atoms with Gasteiger partial charge < -0.3 is 10.2 Å². The van der Waals surface area contributed by atoms with E-state index < -0.39 is 6.04 Å². The average Bonchev–Trinajstić information content (AvgIpc) is 3.18. The smallest absolute Gasteiger partial charge is 0.254 e. The Morgan fingerprint density at radius 1 is 1.11 bits per heavy atom. The highest BCUT2D eigenvalue weighted by atomic mass is 35.5. The molecule has 1 aromatic heterocycles. The van der Waals surface area contributed by atoms with Crippen LogP contribution in [0.3, 0.4) is 0 Å². The molecule has 1 saturated heterocycles. The van der Waals surface area contributed by atoms with Crippen LogP contribution >= 0.6 is 11.6 Å². The number of carbonyl (C=O) groups is 2. The van der Waals surface area contributed by atoms with E-state index in [1.54, 1.807) is 35.4 Å². The maximum Gasteiger partial charge on any atom is 0.254 e. The van der Waals surface area contributed by atoms with E-state index in [1.165, 1.54) is 0 Å². The van der Waals surface area contributed by atoms with Gasteiger partial charge >= 0.3 is 0 Å². The molecular formula is C21H18ClN3O2. The summed E-state index contributed by atoms with van der Waals surface area (Å²) in [5, 5.41) is 4.30. The summed E-state index contributed by atoms with van der Waals surface area (Å²) in [5.74, 6) is -0.340. The minimum Gasteiger partial charge on any atom is -0.327 e. The predicted molar refractivity (Wildman–Crippen MR) is 106 cm³/mol. The second-order valence-electron chi connectivity index (χ2n) is 6.54. The number of aromatic nitrogens is 1. The highest BCUT2D eigenvalue weighted by Gasteiger charge is 2.34. The Morgan fingerprint density at radius 2 is 1.93 bits per heavy atom. The molecule has 1 unspecified atom stereocenters. The Bertz CT molecular complexity index is 1010. The summed E-state index contributed by atoms with van der Waals surface area (Å²) >= 11 is 6.18. The number of hydrogen-bond donors (Lipinski definition) is 1. The molecule has 0 saturated carbocycles. The van der Waals surface area contributed by atoms with Crippen molar-refractivity contribution in [1.29, 1.82) is 0 Å². The van der Waals surface area contributed by atoms with E-state index >= 15 is 0 Å². The summed E-state index contributed by atoms with van der Waals surface area (Å²) in [6.45, 7) is 0.570. The highest BCUT2D eigenvalue weighted by molar-refractivity contribution is 6.32. The van der Waals surface area contributed by atoms with E-state index in [-0.39, 0.29) is 11.8 Å². The topological polar surface area (TPSA) is 62.3 Å². The molecule has 0 spiro atoms. The zero-order valence-corrected chi connectivity index (χ0v) is 15.3. The van der Waals surface area contributed by atoms with Crippen LogP contribution in [-0.4, -0.2) is 34.3 Å². The van der Waals surface area contributed by atoms with Crippen molar-refractivity contribution in [2.24, 2.45) is 0 Å². The Labute approximate surface area is 162 Å². The molecule has 0 aliphatic carbocycles. The van der Waals surface area contributed by atoms with Gasteiger partial charge in [-0.15, -0.1) is 0 Å². The first-order valence-electron chi connectivity index (χ1n) is 8.84. The first-order valence-corrected chi connectivity index (χ1v) is 9.22. The number of nitrogens with zero attached hydrogens (tertiary/aromatic N) is 2. The summed E-state index contributed by atoms with van der Waals surface area (Å²) in [7, 11) is 0. The summed E-state index contributed by atoms with van der Waals surface area (Å²) in [4.78, 5) is 31.7. The molecule has 2 amide bonds. The lowest BCUT2D eigenvalue weighted by atomic mass is 10.1. The van der Waals surface area contributed by atoms with Gasteiger partial charge in [-0.25, -0.2) is 0 Å². The number of amides is 2. The van der Waals surface area contributed by atoms with Crippen molar-refractivity contribution in [1.82, 2.24) is 9.88 Å². The average molecular weight is 380 g/mol. The molecule has 1 atom stereocenters. The van der Waals surface area contributed by atoms with Crippen LogP contribution in [0.25, 0.3) is 10.9 Å². The molecule has 2 heterocycles. The Hall–Kier alpha value is -2.92. The molecule has 5 nitrogen and oxygen atoms in total. The number of hydrogen-bond acceptors (Lipinski definition) is 3. The third kappa shape index (κ3) is 3.51. The van der Waals surface area contributed by atoms with Crippen LogP contribution in [0.2, 0.25) is 5.02 Å². The Kier molecular flexibility index (Phi) is 4.77. The minimum absolute atomic E-state index is 0.123. The fourth-order valence-corrected chi connectivity index (χ4v) is 3.72. The van der Waals surface area contributed by atoms with Gasteiger partial charge in [-0.1, -0.05) is 35.9 Å². The van der Waals surface area contributed by atoms with Gasteiger partial charge in [-0.05, 0) is 43.2 Å². The van der Waals surface area contributed by atoms with Crippen LogP contribution in [0.5, 0.6) is 0 Å². The second kappa shape index (κ2) is 7.37. The first-order chi connectivity index (χ1) is 13.1. The Morgan fingerprint density at radius 3 is 2.74 bits per heavy atom. The molecule has 1 fully saturated rings. The van der Waals surface area contributed by atoms with Gasteiger partial charge in [0.1, 0.15) is 6.04 Å². The number of nitrogens with one attached hydrogen (secondary N) is 1. The van der Waals surface area contributed by atoms with Gasteiger partial charge in [-0.3, -0.25) is 14.6 Å². The number of rotatable bonds is 3. The van der Waals surface area contributed by atoms with E-state index in [4.69, 9.17) is 11.6 Å². The van der Waals surface area contributed by atoms with Crippen LogP contribution in [0.1, 0.15) is 23.2 Å². The van der Waals surface area contributed by atoms with Crippen LogP contribution in [0.15, 0.2) is 60.8 Å². The van der Waals surface area contributed by atoms with E-state index in [0.29, 0.717) is 34.8 Å². The quantitative estimate of drug-likeness (QED) is 0.744. The lowest BCUT2D eigenvalue weighted by Gasteiger charge is -2.24. The van der Waals surface area contributed by atoms with Crippen molar-refractivity contribution in [3.8, 4) is 0 Å². The summed E-state index contributed by atoms with van der Waals surface area (Å²) in [5.41, 5.74) is 1.82. The van der Waals surface area contributed by atoms with Crippen molar-refractivity contribution in [3.63, 3.8) is 0 Å². The van der Waals surface area contributed by atoms with Gasteiger partial charge in [-0.2, -0.15) is 0 Å². The number of carbonyl (C=O) groups excluding carboxylic acids is 2.